The highest BCUT2D eigenvalue weighted by Gasteiger charge is 2.12. The summed E-state index contributed by atoms with van der Waals surface area (Å²) in [5.41, 5.74) is 1.28. The minimum atomic E-state index is 0.341. The van der Waals surface area contributed by atoms with E-state index in [-0.39, 0.29) is 0 Å². The highest BCUT2D eigenvalue weighted by Crippen LogP contribution is 2.12. The topological polar surface area (TPSA) is 23.5 Å². The molecule has 0 aromatic heterocycles. The van der Waals surface area contributed by atoms with Crippen LogP contribution in [0.3, 0.4) is 0 Å². The molecule has 0 aliphatic heterocycles. The van der Waals surface area contributed by atoms with E-state index in [0.29, 0.717) is 17.8 Å². The smallest absolute Gasteiger partial charge is 0.115 e. The fourth-order valence-electron chi connectivity index (χ4n) is 2.03. The van der Waals surface area contributed by atoms with Gasteiger partial charge in [0.15, 0.2) is 0 Å². The Morgan fingerprint density at radius 2 is 1.50 bits per heavy atom. The molecule has 0 saturated carbocycles. The van der Waals surface area contributed by atoms with E-state index in [9.17, 15) is 5.11 Å². The van der Waals surface area contributed by atoms with E-state index in [2.05, 4.69) is 32.6 Å². The molecular formula is C14H23NO. The Bertz CT molecular complexity index is 295. The van der Waals surface area contributed by atoms with Gasteiger partial charge in [0.05, 0.1) is 0 Å². The monoisotopic (exact) mass is 221 g/mol. The van der Waals surface area contributed by atoms with E-state index in [1.807, 2.05) is 12.1 Å². The number of benzene rings is 1. The third kappa shape index (κ3) is 3.86. The Kier molecular flexibility index (Phi) is 4.81. The SMILES string of the molecule is CC(C)N(CCc1ccc(O)cc1)C(C)C. The van der Waals surface area contributed by atoms with Crippen LogP contribution in [0.2, 0.25) is 0 Å². The zero-order valence-corrected chi connectivity index (χ0v) is 10.8. The number of phenols is 1. The Morgan fingerprint density at radius 3 is 1.94 bits per heavy atom. The Hall–Kier alpha value is -1.02. The molecule has 0 atom stereocenters. The number of nitrogens with zero attached hydrogens (tertiary/aromatic N) is 1. The molecule has 1 N–H and O–H groups in total. The van der Waals surface area contributed by atoms with Crippen molar-refractivity contribution in [2.75, 3.05) is 6.54 Å². The minimum absolute atomic E-state index is 0.341. The van der Waals surface area contributed by atoms with E-state index in [1.54, 1.807) is 12.1 Å². The van der Waals surface area contributed by atoms with Crippen molar-refractivity contribution in [1.82, 2.24) is 4.90 Å². The van der Waals surface area contributed by atoms with Gasteiger partial charge < -0.3 is 5.11 Å². The summed E-state index contributed by atoms with van der Waals surface area (Å²) < 4.78 is 0. The zero-order chi connectivity index (χ0) is 12.1. The molecule has 90 valence electrons. The van der Waals surface area contributed by atoms with Gasteiger partial charge in [-0.25, -0.2) is 0 Å². The highest BCUT2D eigenvalue weighted by atomic mass is 16.3. The molecule has 1 rings (SSSR count). The van der Waals surface area contributed by atoms with Crippen molar-refractivity contribution in [3.8, 4) is 5.75 Å². The molecule has 0 heterocycles. The van der Waals surface area contributed by atoms with Crippen LogP contribution in [0.1, 0.15) is 33.3 Å². The van der Waals surface area contributed by atoms with Crippen LogP contribution in [-0.4, -0.2) is 28.6 Å². The number of rotatable bonds is 5. The van der Waals surface area contributed by atoms with Crippen LogP contribution >= 0.6 is 0 Å². The van der Waals surface area contributed by atoms with Gasteiger partial charge in [0, 0.05) is 18.6 Å². The van der Waals surface area contributed by atoms with E-state index in [1.165, 1.54) is 5.56 Å². The van der Waals surface area contributed by atoms with Crippen molar-refractivity contribution >= 4 is 0 Å². The average molecular weight is 221 g/mol. The summed E-state index contributed by atoms with van der Waals surface area (Å²) in [6.45, 7) is 10.0. The lowest BCUT2D eigenvalue weighted by atomic mass is 10.1. The number of aromatic hydroxyl groups is 1. The van der Waals surface area contributed by atoms with Crippen LogP contribution in [-0.2, 0) is 6.42 Å². The molecule has 1 aromatic rings. The molecule has 0 unspecified atom stereocenters. The standard InChI is InChI=1S/C14H23NO/c1-11(2)15(12(3)4)10-9-13-5-7-14(16)8-6-13/h5-8,11-12,16H,9-10H2,1-4H3. The fraction of sp³-hybridized carbons (Fsp3) is 0.571. The second-order valence-electron chi connectivity index (χ2n) is 4.84. The van der Waals surface area contributed by atoms with Crippen molar-refractivity contribution in [1.29, 1.82) is 0 Å². The molecule has 0 bridgehead atoms. The van der Waals surface area contributed by atoms with Crippen molar-refractivity contribution in [3.05, 3.63) is 29.8 Å². The van der Waals surface area contributed by atoms with Crippen molar-refractivity contribution < 1.29 is 5.11 Å². The van der Waals surface area contributed by atoms with E-state index < -0.39 is 0 Å². The van der Waals surface area contributed by atoms with Gasteiger partial charge in [-0.1, -0.05) is 12.1 Å². The van der Waals surface area contributed by atoms with Crippen LogP contribution in [0.15, 0.2) is 24.3 Å². The van der Waals surface area contributed by atoms with Gasteiger partial charge in [-0.05, 0) is 51.8 Å². The van der Waals surface area contributed by atoms with Gasteiger partial charge in [0.2, 0.25) is 0 Å². The number of hydrogen-bond acceptors (Lipinski definition) is 2. The number of hydrogen-bond donors (Lipinski definition) is 1. The Balaban J connectivity index is 2.52. The Morgan fingerprint density at radius 1 is 1.00 bits per heavy atom. The molecule has 0 radical (unpaired) electrons. The zero-order valence-electron chi connectivity index (χ0n) is 10.8. The molecule has 0 amide bonds. The molecule has 0 spiro atoms. The normalized spacial score (nSPS) is 11.7. The van der Waals surface area contributed by atoms with Crippen LogP contribution in [0.25, 0.3) is 0 Å². The third-order valence-corrected chi connectivity index (χ3v) is 2.92. The quantitative estimate of drug-likeness (QED) is 0.826. The van der Waals surface area contributed by atoms with E-state index >= 15 is 0 Å². The van der Waals surface area contributed by atoms with Gasteiger partial charge in [0.25, 0.3) is 0 Å². The first-order valence-corrected chi connectivity index (χ1v) is 6.04. The Labute approximate surface area is 98.9 Å². The van der Waals surface area contributed by atoms with Crippen LogP contribution in [0.4, 0.5) is 0 Å². The summed E-state index contributed by atoms with van der Waals surface area (Å²) in [6.07, 6.45) is 1.04. The summed E-state index contributed by atoms with van der Waals surface area (Å²) in [5.74, 6) is 0.341. The summed E-state index contributed by atoms with van der Waals surface area (Å²) in [6, 6.07) is 8.66. The highest BCUT2D eigenvalue weighted by molar-refractivity contribution is 5.26. The predicted octanol–water partition coefficient (Wildman–Crippen LogP) is 3.05. The fourth-order valence-corrected chi connectivity index (χ4v) is 2.03. The lowest BCUT2D eigenvalue weighted by molar-refractivity contribution is 0.177. The summed E-state index contributed by atoms with van der Waals surface area (Å²) in [5, 5.41) is 9.20. The largest absolute Gasteiger partial charge is 0.508 e. The lowest BCUT2D eigenvalue weighted by Crippen LogP contribution is -2.38. The van der Waals surface area contributed by atoms with Gasteiger partial charge in [0.1, 0.15) is 5.75 Å². The first-order valence-electron chi connectivity index (χ1n) is 6.04. The van der Waals surface area contributed by atoms with Crippen LogP contribution in [0.5, 0.6) is 5.75 Å². The van der Waals surface area contributed by atoms with E-state index in [0.717, 1.165) is 13.0 Å². The third-order valence-electron chi connectivity index (χ3n) is 2.92. The van der Waals surface area contributed by atoms with Crippen molar-refractivity contribution in [2.24, 2.45) is 0 Å². The molecule has 1 aromatic carbocycles. The molecule has 0 saturated heterocycles. The lowest BCUT2D eigenvalue weighted by Gasteiger charge is -2.30. The number of phenolic OH excluding ortho intramolecular Hbond substituents is 1. The maximum absolute atomic E-state index is 9.20. The minimum Gasteiger partial charge on any atom is -0.508 e. The summed E-state index contributed by atoms with van der Waals surface area (Å²) >= 11 is 0. The van der Waals surface area contributed by atoms with Gasteiger partial charge in [-0.15, -0.1) is 0 Å². The maximum atomic E-state index is 9.20. The molecule has 0 aliphatic carbocycles. The average Bonchev–Trinajstić information content (AvgIpc) is 2.20. The second kappa shape index (κ2) is 5.90. The molecule has 0 aliphatic rings. The van der Waals surface area contributed by atoms with Gasteiger partial charge in [-0.3, -0.25) is 4.90 Å². The molecular weight excluding hydrogens is 198 g/mol. The second-order valence-corrected chi connectivity index (χ2v) is 4.84. The van der Waals surface area contributed by atoms with Gasteiger partial charge in [-0.2, -0.15) is 0 Å². The molecule has 16 heavy (non-hydrogen) atoms. The molecule has 2 nitrogen and oxygen atoms in total. The van der Waals surface area contributed by atoms with Crippen molar-refractivity contribution in [2.45, 2.75) is 46.2 Å². The van der Waals surface area contributed by atoms with Gasteiger partial charge >= 0.3 is 0 Å². The molecule has 0 fully saturated rings. The maximum Gasteiger partial charge on any atom is 0.115 e. The van der Waals surface area contributed by atoms with Crippen molar-refractivity contribution in [3.63, 3.8) is 0 Å². The van der Waals surface area contributed by atoms with Crippen LogP contribution < -0.4 is 0 Å². The summed E-state index contributed by atoms with van der Waals surface area (Å²) in [4.78, 5) is 2.48. The first-order chi connectivity index (χ1) is 7.50. The predicted molar refractivity (Wildman–Crippen MR) is 68.8 cm³/mol. The summed E-state index contributed by atoms with van der Waals surface area (Å²) in [7, 11) is 0. The van der Waals surface area contributed by atoms with Crippen LogP contribution in [0, 0.1) is 0 Å². The first kappa shape index (κ1) is 13.0. The van der Waals surface area contributed by atoms with E-state index in [4.69, 9.17) is 0 Å². The molecule has 2 heteroatoms.